The fraction of sp³-hybridized carbons (Fsp3) is 0.643. The van der Waals surface area contributed by atoms with Crippen molar-refractivity contribution in [2.24, 2.45) is 0 Å². The van der Waals surface area contributed by atoms with E-state index in [0.29, 0.717) is 0 Å². The van der Waals surface area contributed by atoms with E-state index in [1.807, 2.05) is 0 Å². The first-order valence-electron chi connectivity index (χ1n) is 6.72. The Balaban J connectivity index is 1.74. The minimum absolute atomic E-state index is 0.0293. The highest BCUT2D eigenvalue weighted by molar-refractivity contribution is 9.09. The summed E-state index contributed by atoms with van der Waals surface area (Å²) in [6.45, 7) is 0. The number of hydrogen-bond donors (Lipinski definition) is 1. The molecule has 4 heteroatoms. The van der Waals surface area contributed by atoms with Gasteiger partial charge in [0, 0.05) is 10.2 Å². The van der Waals surface area contributed by atoms with Gasteiger partial charge in [-0.25, -0.2) is 0 Å². The van der Waals surface area contributed by atoms with Crippen molar-refractivity contribution in [1.82, 2.24) is 5.32 Å². The fourth-order valence-corrected chi connectivity index (χ4v) is 4.65. The number of amides is 1. The molecule has 1 heterocycles. The molecule has 1 amide bonds. The van der Waals surface area contributed by atoms with E-state index in [1.54, 1.807) is 11.3 Å². The van der Waals surface area contributed by atoms with Crippen LogP contribution in [0, 0.1) is 0 Å². The van der Waals surface area contributed by atoms with Crippen molar-refractivity contribution >= 4 is 33.2 Å². The number of hydrogen-bond acceptors (Lipinski definition) is 2. The molecule has 1 aromatic rings. The van der Waals surface area contributed by atoms with Crippen LogP contribution in [-0.2, 0) is 12.8 Å². The molecule has 0 aliphatic heterocycles. The number of halogens is 1. The molecule has 0 aromatic carbocycles. The number of nitrogens with one attached hydrogen (secondary N) is 1. The number of rotatable bonds is 3. The molecule has 2 aliphatic carbocycles. The first-order chi connectivity index (χ1) is 8.72. The number of carbonyl (C=O) groups is 1. The van der Waals surface area contributed by atoms with E-state index in [9.17, 15) is 4.79 Å². The van der Waals surface area contributed by atoms with Crippen molar-refractivity contribution in [3.05, 3.63) is 21.4 Å². The van der Waals surface area contributed by atoms with E-state index in [0.717, 1.165) is 35.9 Å². The predicted molar refractivity (Wildman–Crippen MR) is 78.8 cm³/mol. The van der Waals surface area contributed by atoms with Crippen molar-refractivity contribution in [2.45, 2.75) is 50.5 Å². The van der Waals surface area contributed by atoms with Crippen LogP contribution >= 0.6 is 27.3 Å². The Labute approximate surface area is 120 Å². The van der Waals surface area contributed by atoms with E-state index in [1.165, 1.54) is 29.7 Å². The van der Waals surface area contributed by atoms with Gasteiger partial charge in [-0.2, -0.15) is 0 Å². The topological polar surface area (TPSA) is 29.1 Å². The average molecular weight is 328 g/mol. The second-order valence-corrected chi connectivity index (χ2v) is 7.19. The summed E-state index contributed by atoms with van der Waals surface area (Å²) in [4.78, 5) is 14.7. The quantitative estimate of drug-likeness (QED) is 0.843. The SMILES string of the molecule is O=C(NC1(CBr)CCC1)c1cc2c(s1)CCCC2. The molecular formula is C14H18BrNOS. The molecule has 0 spiro atoms. The molecule has 1 saturated carbocycles. The van der Waals surface area contributed by atoms with Crippen LogP contribution in [0.3, 0.4) is 0 Å². The molecule has 18 heavy (non-hydrogen) atoms. The maximum Gasteiger partial charge on any atom is 0.261 e. The van der Waals surface area contributed by atoms with E-state index >= 15 is 0 Å². The van der Waals surface area contributed by atoms with Gasteiger partial charge in [0.15, 0.2) is 0 Å². The first-order valence-corrected chi connectivity index (χ1v) is 8.66. The number of aryl methyl sites for hydroxylation is 2. The summed E-state index contributed by atoms with van der Waals surface area (Å²) in [6.07, 6.45) is 8.31. The molecular weight excluding hydrogens is 310 g/mol. The van der Waals surface area contributed by atoms with Crippen molar-refractivity contribution in [3.63, 3.8) is 0 Å². The molecule has 1 aromatic heterocycles. The Hall–Kier alpha value is -0.350. The summed E-state index contributed by atoms with van der Waals surface area (Å²) in [7, 11) is 0. The van der Waals surface area contributed by atoms with Gasteiger partial charge in [0.05, 0.1) is 10.4 Å². The highest BCUT2D eigenvalue weighted by Crippen LogP contribution is 2.35. The van der Waals surface area contributed by atoms with Gasteiger partial charge in [-0.15, -0.1) is 11.3 Å². The predicted octanol–water partition coefficient (Wildman–Crippen LogP) is 3.67. The normalized spacial score (nSPS) is 20.9. The summed E-state index contributed by atoms with van der Waals surface area (Å²) in [5, 5.41) is 4.10. The highest BCUT2D eigenvalue weighted by atomic mass is 79.9. The Morgan fingerprint density at radius 2 is 2.11 bits per heavy atom. The van der Waals surface area contributed by atoms with E-state index < -0.39 is 0 Å². The molecule has 0 bridgehead atoms. The van der Waals surface area contributed by atoms with Gasteiger partial charge in [-0.3, -0.25) is 4.79 Å². The molecule has 3 rings (SSSR count). The van der Waals surface area contributed by atoms with Crippen LogP contribution in [0.25, 0.3) is 0 Å². The van der Waals surface area contributed by atoms with Gasteiger partial charge in [-0.05, 0) is 56.6 Å². The summed E-state index contributed by atoms with van der Waals surface area (Å²) in [5.74, 6) is 0.133. The molecule has 1 fully saturated rings. The summed E-state index contributed by atoms with van der Waals surface area (Å²) in [5.41, 5.74) is 1.44. The Bertz CT molecular complexity index is 435. The minimum atomic E-state index is 0.0293. The summed E-state index contributed by atoms with van der Waals surface area (Å²) < 4.78 is 0. The summed E-state index contributed by atoms with van der Waals surface area (Å²) in [6, 6.07) is 2.12. The zero-order valence-electron chi connectivity index (χ0n) is 10.4. The molecule has 0 unspecified atom stereocenters. The monoisotopic (exact) mass is 327 g/mol. The van der Waals surface area contributed by atoms with Gasteiger partial charge < -0.3 is 5.32 Å². The second-order valence-electron chi connectivity index (χ2n) is 5.49. The van der Waals surface area contributed by atoms with Gasteiger partial charge in [0.2, 0.25) is 0 Å². The minimum Gasteiger partial charge on any atom is -0.345 e. The maximum absolute atomic E-state index is 12.3. The van der Waals surface area contributed by atoms with Crippen LogP contribution in [0.2, 0.25) is 0 Å². The van der Waals surface area contributed by atoms with Gasteiger partial charge in [-0.1, -0.05) is 15.9 Å². The van der Waals surface area contributed by atoms with Crippen molar-refractivity contribution in [2.75, 3.05) is 5.33 Å². The second kappa shape index (κ2) is 4.97. The van der Waals surface area contributed by atoms with E-state index in [-0.39, 0.29) is 11.4 Å². The van der Waals surface area contributed by atoms with Crippen molar-refractivity contribution in [1.29, 1.82) is 0 Å². The molecule has 98 valence electrons. The van der Waals surface area contributed by atoms with Gasteiger partial charge >= 0.3 is 0 Å². The van der Waals surface area contributed by atoms with Crippen LogP contribution in [0.15, 0.2) is 6.07 Å². The van der Waals surface area contributed by atoms with E-state index in [4.69, 9.17) is 0 Å². The Kier molecular flexibility index (Phi) is 3.50. The smallest absolute Gasteiger partial charge is 0.261 e. The van der Waals surface area contributed by atoms with Crippen LogP contribution in [0.4, 0.5) is 0 Å². The molecule has 0 atom stereocenters. The van der Waals surface area contributed by atoms with Crippen LogP contribution in [0.1, 0.15) is 52.2 Å². The standard InChI is InChI=1S/C14H18BrNOS/c15-9-14(6-3-7-14)16-13(17)12-8-10-4-1-2-5-11(10)18-12/h8H,1-7,9H2,(H,16,17). The fourth-order valence-electron chi connectivity index (χ4n) is 2.80. The zero-order valence-corrected chi connectivity index (χ0v) is 12.8. The number of alkyl halides is 1. The van der Waals surface area contributed by atoms with Crippen molar-refractivity contribution < 1.29 is 4.79 Å². The lowest BCUT2D eigenvalue weighted by molar-refractivity contribution is 0.0860. The molecule has 0 saturated heterocycles. The molecule has 1 N–H and O–H groups in total. The average Bonchev–Trinajstić information content (AvgIpc) is 2.77. The lowest BCUT2D eigenvalue weighted by atomic mass is 9.78. The van der Waals surface area contributed by atoms with Gasteiger partial charge in [0.1, 0.15) is 0 Å². The largest absolute Gasteiger partial charge is 0.345 e. The van der Waals surface area contributed by atoms with Crippen LogP contribution in [0.5, 0.6) is 0 Å². The van der Waals surface area contributed by atoms with Crippen LogP contribution in [-0.4, -0.2) is 16.8 Å². The van der Waals surface area contributed by atoms with E-state index in [2.05, 4.69) is 27.3 Å². The van der Waals surface area contributed by atoms with Crippen LogP contribution < -0.4 is 5.32 Å². The number of fused-ring (bicyclic) bond motifs is 1. The third-order valence-electron chi connectivity index (χ3n) is 4.17. The molecule has 2 nitrogen and oxygen atoms in total. The number of thiophene rings is 1. The third-order valence-corrected chi connectivity index (χ3v) is 6.47. The van der Waals surface area contributed by atoms with Crippen molar-refractivity contribution in [3.8, 4) is 0 Å². The number of carbonyl (C=O) groups excluding carboxylic acids is 1. The summed E-state index contributed by atoms with van der Waals surface area (Å²) >= 11 is 5.23. The molecule has 2 aliphatic rings. The lowest BCUT2D eigenvalue weighted by Gasteiger charge is -2.41. The maximum atomic E-state index is 12.3. The Morgan fingerprint density at radius 1 is 1.33 bits per heavy atom. The Morgan fingerprint density at radius 3 is 2.72 bits per heavy atom. The zero-order chi connectivity index (χ0) is 12.6. The lowest BCUT2D eigenvalue weighted by Crippen LogP contribution is -2.54. The first kappa shape index (κ1) is 12.7. The molecule has 0 radical (unpaired) electrons. The highest BCUT2D eigenvalue weighted by Gasteiger charge is 2.37. The third kappa shape index (κ3) is 2.25. The van der Waals surface area contributed by atoms with Gasteiger partial charge in [0.25, 0.3) is 5.91 Å².